The van der Waals surface area contributed by atoms with Crippen molar-refractivity contribution in [3.63, 3.8) is 0 Å². The van der Waals surface area contributed by atoms with Crippen molar-refractivity contribution in [2.75, 3.05) is 23.4 Å². The Morgan fingerprint density at radius 3 is 2.42 bits per heavy atom. The maximum absolute atomic E-state index is 13.8. The summed E-state index contributed by atoms with van der Waals surface area (Å²) in [7, 11) is -3.82. The lowest BCUT2D eigenvalue weighted by molar-refractivity contribution is -0.139. The summed E-state index contributed by atoms with van der Waals surface area (Å²) in [5, 5.41) is 3.10. The highest BCUT2D eigenvalue weighted by Gasteiger charge is 2.32. The molecule has 9 nitrogen and oxygen atoms in total. The van der Waals surface area contributed by atoms with E-state index in [-0.39, 0.29) is 31.0 Å². The lowest BCUT2D eigenvalue weighted by atomic mass is 9.95. The number of ether oxygens (including phenoxy) is 2. The van der Waals surface area contributed by atoms with Crippen molar-refractivity contribution in [3.05, 3.63) is 52.5 Å². The summed E-state index contributed by atoms with van der Waals surface area (Å²) in [4.78, 5) is 28.5. The lowest BCUT2D eigenvalue weighted by Gasteiger charge is -2.33. The summed E-state index contributed by atoms with van der Waals surface area (Å²) in [6.45, 7) is 2.97. The minimum atomic E-state index is -3.82. The Hall–Kier alpha value is -2.79. The van der Waals surface area contributed by atoms with Gasteiger partial charge in [-0.3, -0.25) is 13.9 Å². The largest absolute Gasteiger partial charge is 0.454 e. The highest BCUT2D eigenvalue weighted by molar-refractivity contribution is 9.10. The van der Waals surface area contributed by atoms with Crippen LogP contribution in [0.4, 0.5) is 5.69 Å². The van der Waals surface area contributed by atoms with Crippen molar-refractivity contribution < 1.29 is 27.5 Å². The second-order valence-electron chi connectivity index (χ2n) is 9.61. The number of amides is 2. The number of benzene rings is 2. The third kappa shape index (κ3) is 6.79. The quantitative estimate of drug-likeness (QED) is 0.434. The van der Waals surface area contributed by atoms with E-state index in [0.717, 1.165) is 46.4 Å². The van der Waals surface area contributed by atoms with Crippen LogP contribution >= 0.6 is 15.9 Å². The van der Waals surface area contributed by atoms with Crippen LogP contribution in [-0.2, 0) is 26.2 Å². The normalized spacial score (nSPS) is 16.1. The van der Waals surface area contributed by atoms with Crippen LogP contribution < -0.4 is 19.1 Å². The maximum atomic E-state index is 13.8. The van der Waals surface area contributed by atoms with Gasteiger partial charge in [0.25, 0.3) is 0 Å². The van der Waals surface area contributed by atoms with Gasteiger partial charge in [-0.15, -0.1) is 0 Å². The van der Waals surface area contributed by atoms with Crippen LogP contribution in [0.1, 0.15) is 51.5 Å². The number of anilines is 1. The monoisotopic (exact) mass is 607 g/mol. The molecule has 0 radical (unpaired) electrons. The highest BCUT2D eigenvalue weighted by atomic mass is 79.9. The predicted octanol–water partition coefficient (Wildman–Crippen LogP) is 4.20. The highest BCUT2D eigenvalue weighted by Crippen LogP contribution is 2.36. The minimum Gasteiger partial charge on any atom is -0.454 e. The van der Waals surface area contributed by atoms with Crippen molar-refractivity contribution >= 4 is 43.5 Å². The van der Waals surface area contributed by atoms with Crippen LogP contribution in [0.3, 0.4) is 0 Å². The van der Waals surface area contributed by atoms with E-state index in [1.54, 1.807) is 25.1 Å². The lowest BCUT2D eigenvalue weighted by Crippen LogP contribution is -2.53. The Morgan fingerprint density at radius 1 is 1.05 bits per heavy atom. The summed E-state index contributed by atoms with van der Waals surface area (Å²) in [5.41, 5.74) is 1.12. The van der Waals surface area contributed by atoms with Crippen LogP contribution in [0.25, 0.3) is 0 Å². The van der Waals surface area contributed by atoms with Gasteiger partial charge in [-0.05, 0) is 56.5 Å². The van der Waals surface area contributed by atoms with E-state index in [2.05, 4.69) is 21.2 Å². The molecule has 1 saturated carbocycles. The molecule has 2 aliphatic rings. The SMILES string of the molecule is CCS(=O)(=O)N(CC(=O)N(Cc1ccc(Br)cc1)[C@@H](C)C(=O)NC1CCCCC1)c1ccc2c(c1)OCO2. The third-order valence-electron chi connectivity index (χ3n) is 7.01. The van der Waals surface area contributed by atoms with Crippen LogP contribution in [0.5, 0.6) is 11.5 Å². The van der Waals surface area contributed by atoms with E-state index in [1.807, 2.05) is 24.3 Å². The topological polar surface area (TPSA) is 105 Å². The van der Waals surface area contributed by atoms with Gasteiger partial charge >= 0.3 is 0 Å². The van der Waals surface area contributed by atoms with Crippen LogP contribution in [0.15, 0.2) is 46.9 Å². The van der Waals surface area contributed by atoms with Gasteiger partial charge in [0, 0.05) is 23.1 Å². The second-order valence-corrected chi connectivity index (χ2v) is 12.7. The summed E-state index contributed by atoms with van der Waals surface area (Å²) < 4.78 is 39.0. The number of carbonyl (C=O) groups is 2. The summed E-state index contributed by atoms with van der Waals surface area (Å²) in [5.74, 6) is 0.0142. The Morgan fingerprint density at radius 2 is 1.74 bits per heavy atom. The maximum Gasteiger partial charge on any atom is 0.244 e. The predicted molar refractivity (Wildman–Crippen MR) is 149 cm³/mol. The van der Waals surface area contributed by atoms with Gasteiger partial charge < -0.3 is 19.7 Å². The van der Waals surface area contributed by atoms with E-state index in [1.165, 1.54) is 11.8 Å². The number of sulfonamides is 1. The summed E-state index contributed by atoms with van der Waals surface area (Å²) in [6.07, 6.45) is 5.15. The molecule has 1 heterocycles. The van der Waals surface area contributed by atoms with Gasteiger partial charge in [-0.25, -0.2) is 8.42 Å². The van der Waals surface area contributed by atoms with Gasteiger partial charge in [-0.2, -0.15) is 0 Å². The molecule has 0 saturated heterocycles. The van der Waals surface area contributed by atoms with Crippen LogP contribution in [0.2, 0.25) is 0 Å². The average Bonchev–Trinajstić information content (AvgIpc) is 3.39. The molecular formula is C27H34BrN3O6S. The number of halogens is 1. The fourth-order valence-corrected chi connectivity index (χ4v) is 6.02. The van der Waals surface area contributed by atoms with Gasteiger partial charge in [0.15, 0.2) is 11.5 Å². The molecule has 1 atom stereocenters. The molecule has 0 spiro atoms. The summed E-state index contributed by atoms with van der Waals surface area (Å²) >= 11 is 3.42. The average molecular weight is 609 g/mol. The van der Waals surface area contributed by atoms with E-state index in [9.17, 15) is 18.0 Å². The second kappa shape index (κ2) is 12.4. The zero-order chi connectivity index (χ0) is 27.3. The zero-order valence-electron chi connectivity index (χ0n) is 21.7. The van der Waals surface area contributed by atoms with Gasteiger partial charge in [-0.1, -0.05) is 47.3 Å². The number of hydrogen-bond acceptors (Lipinski definition) is 6. The molecule has 1 aliphatic heterocycles. The molecule has 2 aromatic rings. The first-order valence-electron chi connectivity index (χ1n) is 12.9. The zero-order valence-corrected chi connectivity index (χ0v) is 24.1. The number of nitrogens with one attached hydrogen (secondary N) is 1. The fraction of sp³-hybridized carbons (Fsp3) is 0.481. The van der Waals surface area contributed by atoms with E-state index < -0.39 is 28.5 Å². The first-order chi connectivity index (χ1) is 18.2. The minimum absolute atomic E-state index is 0.0484. The Bertz CT molecular complexity index is 1250. The van der Waals surface area contributed by atoms with E-state index in [0.29, 0.717) is 17.2 Å². The van der Waals surface area contributed by atoms with Crippen molar-refractivity contribution in [3.8, 4) is 11.5 Å². The van der Waals surface area contributed by atoms with Crippen molar-refractivity contribution in [1.29, 1.82) is 0 Å². The Balaban J connectivity index is 1.60. The molecule has 206 valence electrons. The van der Waals surface area contributed by atoms with Gasteiger partial charge in [0.1, 0.15) is 12.6 Å². The molecular weight excluding hydrogens is 574 g/mol. The molecule has 2 aromatic carbocycles. The molecule has 11 heteroatoms. The summed E-state index contributed by atoms with van der Waals surface area (Å²) in [6, 6.07) is 11.5. The molecule has 4 rings (SSSR count). The van der Waals surface area contributed by atoms with Crippen molar-refractivity contribution in [2.24, 2.45) is 0 Å². The first kappa shape index (κ1) is 28.2. The fourth-order valence-electron chi connectivity index (χ4n) is 4.70. The van der Waals surface area contributed by atoms with Crippen molar-refractivity contribution in [1.82, 2.24) is 10.2 Å². The smallest absolute Gasteiger partial charge is 0.244 e. The number of rotatable bonds is 10. The van der Waals surface area contributed by atoms with E-state index in [4.69, 9.17) is 9.47 Å². The Labute approximate surface area is 232 Å². The number of fused-ring (bicyclic) bond motifs is 1. The first-order valence-corrected chi connectivity index (χ1v) is 15.3. The van der Waals surface area contributed by atoms with E-state index >= 15 is 0 Å². The van der Waals surface area contributed by atoms with Crippen molar-refractivity contribution in [2.45, 2.75) is 64.6 Å². The standard InChI is InChI=1S/C27H34BrN3O6S/c1-3-38(34,35)31(23-13-14-24-25(15-23)37-18-36-24)17-26(32)30(16-20-9-11-21(28)12-10-20)19(2)27(33)29-22-7-5-4-6-8-22/h9-15,19,22H,3-8,16-18H2,1-2H3,(H,29,33)/t19-/m0/s1. The number of hydrogen-bond donors (Lipinski definition) is 1. The molecule has 1 fully saturated rings. The van der Waals surface area contributed by atoms with Crippen LogP contribution in [-0.4, -0.2) is 56.3 Å². The van der Waals surface area contributed by atoms with Gasteiger partial charge in [0.2, 0.25) is 28.6 Å². The number of nitrogens with zero attached hydrogens (tertiary/aromatic N) is 2. The molecule has 1 N–H and O–H groups in total. The molecule has 1 aliphatic carbocycles. The molecule has 2 amide bonds. The number of carbonyl (C=O) groups excluding carboxylic acids is 2. The molecule has 0 aromatic heterocycles. The third-order valence-corrected chi connectivity index (χ3v) is 9.28. The molecule has 0 bridgehead atoms. The Kier molecular flexibility index (Phi) is 9.19. The van der Waals surface area contributed by atoms with Crippen LogP contribution in [0, 0.1) is 0 Å². The van der Waals surface area contributed by atoms with Gasteiger partial charge in [0.05, 0.1) is 11.4 Å². The molecule has 0 unspecified atom stereocenters. The molecule has 38 heavy (non-hydrogen) atoms.